The van der Waals surface area contributed by atoms with Crippen LogP contribution in [0.2, 0.25) is 0 Å². The second-order valence-electron chi connectivity index (χ2n) is 4.83. The molecule has 0 fully saturated rings. The Hall–Kier alpha value is -3.35. The van der Waals surface area contributed by atoms with Crippen LogP contribution in [-0.4, -0.2) is 30.5 Å². The van der Waals surface area contributed by atoms with Crippen molar-refractivity contribution in [2.75, 3.05) is 13.7 Å². The third-order valence-corrected chi connectivity index (χ3v) is 3.11. The van der Waals surface area contributed by atoms with Crippen molar-refractivity contribution >= 4 is 17.9 Å². The van der Waals surface area contributed by atoms with E-state index in [2.05, 4.69) is 15.8 Å². The van der Waals surface area contributed by atoms with Crippen molar-refractivity contribution in [3.8, 4) is 11.5 Å². The molecule has 2 aromatic rings. The van der Waals surface area contributed by atoms with Crippen LogP contribution in [-0.2, 0) is 4.79 Å². The molecule has 2 N–H and O–H groups in total. The van der Waals surface area contributed by atoms with Gasteiger partial charge in [-0.05, 0) is 42.8 Å². The lowest BCUT2D eigenvalue weighted by molar-refractivity contribution is -0.117. The van der Waals surface area contributed by atoms with E-state index in [1.54, 1.807) is 49.6 Å². The highest BCUT2D eigenvalue weighted by molar-refractivity contribution is 5.96. The summed E-state index contributed by atoms with van der Waals surface area (Å²) >= 11 is 0. The van der Waals surface area contributed by atoms with Crippen molar-refractivity contribution < 1.29 is 19.1 Å². The molecule has 7 nitrogen and oxygen atoms in total. The summed E-state index contributed by atoms with van der Waals surface area (Å²) in [5, 5.41) is 0. The Morgan fingerprint density at radius 1 is 1.16 bits per heavy atom. The van der Waals surface area contributed by atoms with Crippen molar-refractivity contribution in [1.29, 1.82) is 0 Å². The van der Waals surface area contributed by atoms with Crippen molar-refractivity contribution in [2.24, 2.45) is 0 Å². The van der Waals surface area contributed by atoms with E-state index >= 15 is 0 Å². The molecular weight excluding hydrogens is 322 g/mol. The van der Waals surface area contributed by atoms with Crippen molar-refractivity contribution in [3.05, 3.63) is 59.9 Å². The van der Waals surface area contributed by atoms with E-state index in [1.807, 2.05) is 6.92 Å². The van der Waals surface area contributed by atoms with Crippen LogP contribution in [0.1, 0.15) is 23.0 Å². The fraction of sp³-hybridized carbons (Fsp3) is 0.167. The van der Waals surface area contributed by atoms with Gasteiger partial charge in [-0.15, -0.1) is 0 Å². The number of hydrazine groups is 1. The van der Waals surface area contributed by atoms with Gasteiger partial charge in [-0.1, -0.05) is 12.1 Å². The molecule has 0 aliphatic rings. The molecule has 1 aromatic heterocycles. The predicted molar refractivity (Wildman–Crippen MR) is 93.0 cm³/mol. The van der Waals surface area contributed by atoms with E-state index in [0.717, 1.165) is 5.56 Å². The summed E-state index contributed by atoms with van der Waals surface area (Å²) in [4.78, 5) is 27.5. The average molecular weight is 341 g/mol. The number of ether oxygens (including phenoxy) is 2. The normalized spacial score (nSPS) is 10.3. The second kappa shape index (κ2) is 9.07. The lowest BCUT2D eigenvalue weighted by Gasteiger charge is -2.09. The number of carbonyl (C=O) groups is 2. The van der Waals surface area contributed by atoms with Crippen LogP contribution in [0.5, 0.6) is 11.5 Å². The topological polar surface area (TPSA) is 89.6 Å². The van der Waals surface area contributed by atoms with Crippen LogP contribution in [0.4, 0.5) is 0 Å². The molecule has 25 heavy (non-hydrogen) atoms. The molecule has 0 aliphatic carbocycles. The number of rotatable bonds is 6. The van der Waals surface area contributed by atoms with Gasteiger partial charge in [0.25, 0.3) is 11.8 Å². The first-order valence-electron chi connectivity index (χ1n) is 7.64. The number of nitrogens with one attached hydrogen (secondary N) is 2. The molecule has 2 amide bonds. The SMILES string of the molecule is CCOc1cc(/C=C/C(=O)NNC(=O)c2ccccn2)ccc1OC. The first-order chi connectivity index (χ1) is 12.1. The third-order valence-electron chi connectivity index (χ3n) is 3.11. The van der Waals surface area contributed by atoms with Crippen LogP contribution in [0.15, 0.2) is 48.7 Å². The molecule has 7 heteroatoms. The van der Waals surface area contributed by atoms with E-state index in [-0.39, 0.29) is 5.69 Å². The summed E-state index contributed by atoms with van der Waals surface area (Å²) in [7, 11) is 1.56. The molecule has 2 rings (SSSR count). The fourth-order valence-electron chi connectivity index (χ4n) is 1.96. The Balaban J connectivity index is 1.93. The maximum Gasteiger partial charge on any atom is 0.288 e. The van der Waals surface area contributed by atoms with E-state index < -0.39 is 11.8 Å². The minimum Gasteiger partial charge on any atom is -0.493 e. The number of hydrogen-bond acceptors (Lipinski definition) is 5. The van der Waals surface area contributed by atoms with Crippen LogP contribution < -0.4 is 20.3 Å². The van der Waals surface area contributed by atoms with Gasteiger partial charge < -0.3 is 9.47 Å². The molecule has 0 unspecified atom stereocenters. The number of carbonyl (C=O) groups excluding carboxylic acids is 2. The highest BCUT2D eigenvalue weighted by atomic mass is 16.5. The third kappa shape index (κ3) is 5.35. The Bertz CT molecular complexity index is 760. The Morgan fingerprint density at radius 2 is 2.00 bits per heavy atom. The number of aromatic nitrogens is 1. The molecule has 0 saturated carbocycles. The van der Waals surface area contributed by atoms with Gasteiger partial charge in [0.15, 0.2) is 11.5 Å². The average Bonchev–Trinajstić information content (AvgIpc) is 2.65. The first kappa shape index (κ1) is 18.0. The molecule has 1 heterocycles. The predicted octanol–water partition coefficient (Wildman–Crippen LogP) is 1.96. The molecular formula is C18H19N3O4. The maximum atomic E-state index is 11.8. The van der Waals surface area contributed by atoms with Gasteiger partial charge in [-0.25, -0.2) is 0 Å². The van der Waals surface area contributed by atoms with E-state index in [1.165, 1.54) is 12.3 Å². The minimum atomic E-state index is -0.495. The summed E-state index contributed by atoms with van der Waals surface area (Å²) in [6.07, 6.45) is 4.40. The lowest BCUT2D eigenvalue weighted by atomic mass is 10.2. The summed E-state index contributed by atoms with van der Waals surface area (Å²) in [5.74, 6) is 0.241. The number of amides is 2. The van der Waals surface area contributed by atoms with Crippen LogP contribution in [0, 0.1) is 0 Å². The lowest BCUT2D eigenvalue weighted by Crippen LogP contribution is -2.41. The van der Waals surface area contributed by atoms with Gasteiger partial charge >= 0.3 is 0 Å². The fourth-order valence-corrected chi connectivity index (χ4v) is 1.96. The molecule has 0 saturated heterocycles. The quantitative estimate of drug-likeness (QED) is 0.619. The zero-order valence-electron chi connectivity index (χ0n) is 14.0. The molecule has 0 radical (unpaired) electrons. The minimum absolute atomic E-state index is 0.211. The van der Waals surface area contributed by atoms with Crippen molar-refractivity contribution in [1.82, 2.24) is 15.8 Å². The highest BCUT2D eigenvalue weighted by Gasteiger charge is 2.07. The van der Waals surface area contributed by atoms with E-state index in [0.29, 0.717) is 18.1 Å². The number of methoxy groups -OCH3 is 1. The van der Waals surface area contributed by atoms with Crippen LogP contribution in [0.25, 0.3) is 6.08 Å². The Labute approximate surface area is 145 Å². The second-order valence-corrected chi connectivity index (χ2v) is 4.83. The number of benzene rings is 1. The van der Waals surface area contributed by atoms with Crippen molar-refractivity contribution in [3.63, 3.8) is 0 Å². The Morgan fingerprint density at radius 3 is 2.68 bits per heavy atom. The summed E-state index contributed by atoms with van der Waals surface area (Å²) in [5.41, 5.74) is 5.55. The molecule has 0 aliphatic heterocycles. The van der Waals surface area contributed by atoms with Gasteiger partial charge in [0.05, 0.1) is 13.7 Å². The van der Waals surface area contributed by atoms with Gasteiger partial charge in [-0.2, -0.15) is 0 Å². The Kier molecular flexibility index (Phi) is 6.53. The number of pyridine rings is 1. The van der Waals surface area contributed by atoms with Gasteiger partial charge in [0.1, 0.15) is 5.69 Å². The molecule has 1 aromatic carbocycles. The first-order valence-corrected chi connectivity index (χ1v) is 7.64. The zero-order chi connectivity index (χ0) is 18.1. The van der Waals surface area contributed by atoms with E-state index in [4.69, 9.17) is 9.47 Å². The summed E-state index contributed by atoms with van der Waals surface area (Å²) in [6.45, 7) is 2.38. The summed E-state index contributed by atoms with van der Waals surface area (Å²) < 4.78 is 10.7. The van der Waals surface area contributed by atoms with Crippen LogP contribution >= 0.6 is 0 Å². The largest absolute Gasteiger partial charge is 0.493 e. The van der Waals surface area contributed by atoms with Gasteiger partial charge in [0.2, 0.25) is 0 Å². The van der Waals surface area contributed by atoms with E-state index in [9.17, 15) is 9.59 Å². The number of nitrogens with zero attached hydrogens (tertiary/aromatic N) is 1. The van der Waals surface area contributed by atoms with Gasteiger partial charge in [0, 0.05) is 12.3 Å². The summed E-state index contributed by atoms with van der Waals surface area (Å²) in [6, 6.07) is 10.2. The zero-order valence-corrected chi connectivity index (χ0v) is 14.0. The van der Waals surface area contributed by atoms with Gasteiger partial charge in [-0.3, -0.25) is 25.4 Å². The molecule has 0 spiro atoms. The smallest absolute Gasteiger partial charge is 0.288 e. The standard InChI is InChI=1S/C18H19N3O4/c1-3-25-16-12-13(7-9-15(16)24-2)8-10-17(22)20-21-18(23)14-6-4-5-11-19-14/h4-12H,3H2,1-2H3,(H,20,22)(H,21,23)/b10-8+. The molecule has 0 atom stereocenters. The molecule has 0 bridgehead atoms. The maximum absolute atomic E-state index is 11.8. The van der Waals surface area contributed by atoms with Crippen LogP contribution in [0.3, 0.4) is 0 Å². The highest BCUT2D eigenvalue weighted by Crippen LogP contribution is 2.28. The number of hydrogen-bond donors (Lipinski definition) is 2. The van der Waals surface area contributed by atoms with Crippen molar-refractivity contribution in [2.45, 2.75) is 6.92 Å². The monoisotopic (exact) mass is 341 g/mol. The molecule has 130 valence electrons.